The Bertz CT molecular complexity index is 1840. The van der Waals surface area contributed by atoms with E-state index in [4.69, 9.17) is 23.7 Å². The molecule has 0 radical (unpaired) electrons. The summed E-state index contributed by atoms with van der Waals surface area (Å²) in [4.78, 5) is 39.4. The highest BCUT2D eigenvalue weighted by molar-refractivity contribution is 7.13. The van der Waals surface area contributed by atoms with Gasteiger partial charge in [0.2, 0.25) is 11.8 Å². The molecule has 282 valence electrons. The molecule has 2 amide bonds. The second-order valence-corrected chi connectivity index (χ2v) is 13.2. The second-order valence-electron chi connectivity index (χ2n) is 12.3. The molecule has 0 bridgehead atoms. The number of nitrogens with zero attached hydrogens (tertiary/aromatic N) is 1. The molecule has 4 aromatic rings. The first-order valence-corrected chi connectivity index (χ1v) is 18.0. The van der Waals surface area contributed by atoms with E-state index in [2.05, 4.69) is 20.9 Å². The number of ether oxygens (including phenoxy) is 5. The van der Waals surface area contributed by atoms with Crippen molar-refractivity contribution in [1.29, 1.82) is 0 Å². The van der Waals surface area contributed by atoms with Crippen molar-refractivity contribution in [2.45, 2.75) is 32.2 Å². The maximum Gasteiger partial charge on any atom is 0.335 e. The standard InChI is InChI=1S/C38H43FN4O9S/c1-25(44)40-11-13-48-14-15-49-16-17-50-18-19-51-33-21-28-9-10-42-38(2,24-35(45)43-37-41-12-20-53-37)31(28)23-34(33)52-29-7-8-30(32(39)22-29)26-3-5-27(6-4-26)36(46)47/h3-8,12,20-23,42H,9-11,13-19,24H2,1-2H3,(H,40,44)(H,46,47)(H,41,43,45)/t38-/m1/s1. The summed E-state index contributed by atoms with van der Waals surface area (Å²) in [6.07, 6.45) is 2.44. The van der Waals surface area contributed by atoms with Crippen LogP contribution in [0, 0.1) is 5.82 Å². The number of carbonyl (C=O) groups excluding carboxylic acids is 2. The average Bonchev–Trinajstić information content (AvgIpc) is 3.63. The lowest BCUT2D eigenvalue weighted by molar-refractivity contribution is -0.119. The van der Waals surface area contributed by atoms with Crippen molar-refractivity contribution < 1.29 is 47.6 Å². The van der Waals surface area contributed by atoms with Gasteiger partial charge in [0.1, 0.15) is 18.2 Å². The quantitative estimate of drug-likeness (QED) is 0.0856. The first kappa shape index (κ1) is 39.3. The third-order valence-corrected chi connectivity index (χ3v) is 9.02. The third-order valence-electron chi connectivity index (χ3n) is 8.33. The lowest BCUT2D eigenvalue weighted by atomic mass is 9.81. The number of anilines is 1. The van der Waals surface area contributed by atoms with Crippen molar-refractivity contribution in [3.63, 3.8) is 0 Å². The van der Waals surface area contributed by atoms with Crippen LogP contribution in [0.2, 0.25) is 0 Å². The number of aromatic nitrogens is 1. The first-order valence-electron chi connectivity index (χ1n) is 17.1. The predicted octanol–water partition coefficient (Wildman–Crippen LogP) is 5.39. The summed E-state index contributed by atoms with van der Waals surface area (Å²) in [5.74, 6) is -0.928. The molecule has 1 aliphatic rings. The van der Waals surface area contributed by atoms with E-state index in [9.17, 15) is 19.5 Å². The zero-order chi connectivity index (χ0) is 37.6. The Balaban J connectivity index is 1.25. The molecule has 3 aromatic carbocycles. The largest absolute Gasteiger partial charge is 0.487 e. The topological polar surface area (TPSA) is 167 Å². The molecule has 1 atom stereocenters. The zero-order valence-corrected chi connectivity index (χ0v) is 30.4. The van der Waals surface area contributed by atoms with Crippen LogP contribution in [0.15, 0.2) is 66.2 Å². The summed E-state index contributed by atoms with van der Waals surface area (Å²) >= 11 is 1.34. The van der Waals surface area contributed by atoms with Gasteiger partial charge in [0.05, 0.1) is 45.2 Å². The van der Waals surface area contributed by atoms with Crippen LogP contribution in [0.25, 0.3) is 11.1 Å². The number of benzene rings is 3. The molecule has 1 aromatic heterocycles. The molecule has 53 heavy (non-hydrogen) atoms. The van der Waals surface area contributed by atoms with Crippen LogP contribution in [0.1, 0.15) is 41.8 Å². The van der Waals surface area contributed by atoms with Gasteiger partial charge in [-0.05, 0) is 66.4 Å². The minimum atomic E-state index is -1.06. The molecule has 0 aliphatic carbocycles. The van der Waals surface area contributed by atoms with Crippen molar-refractivity contribution in [2.24, 2.45) is 0 Å². The fourth-order valence-corrected chi connectivity index (χ4v) is 6.32. The van der Waals surface area contributed by atoms with Gasteiger partial charge in [-0.15, -0.1) is 11.3 Å². The van der Waals surface area contributed by atoms with Gasteiger partial charge in [-0.2, -0.15) is 0 Å². The number of hydrogen-bond acceptors (Lipinski definition) is 11. The van der Waals surface area contributed by atoms with Crippen LogP contribution in [0.5, 0.6) is 17.2 Å². The van der Waals surface area contributed by atoms with E-state index in [1.165, 1.54) is 36.5 Å². The smallest absolute Gasteiger partial charge is 0.335 e. The van der Waals surface area contributed by atoms with Crippen molar-refractivity contribution in [2.75, 3.05) is 64.7 Å². The Hall–Kier alpha value is -4.93. The Kier molecular flexibility index (Phi) is 14.3. The number of aromatic carboxylic acids is 1. The molecule has 5 rings (SSSR count). The molecule has 0 fully saturated rings. The summed E-state index contributed by atoms with van der Waals surface area (Å²) in [5.41, 5.74) is 2.00. The second kappa shape index (κ2) is 19.2. The fourth-order valence-electron chi connectivity index (χ4n) is 5.78. The molecule has 0 saturated heterocycles. The third kappa shape index (κ3) is 11.5. The summed E-state index contributed by atoms with van der Waals surface area (Å²) in [7, 11) is 0. The molecule has 2 heterocycles. The molecule has 15 heteroatoms. The van der Waals surface area contributed by atoms with Crippen LogP contribution in [-0.4, -0.2) is 87.2 Å². The number of carboxylic acids is 1. The number of amides is 2. The van der Waals surface area contributed by atoms with Gasteiger partial charge in [-0.3, -0.25) is 9.59 Å². The summed E-state index contributed by atoms with van der Waals surface area (Å²) in [5, 5.41) is 20.5. The van der Waals surface area contributed by atoms with Crippen molar-refractivity contribution >= 4 is 34.3 Å². The number of thiazole rings is 1. The summed E-state index contributed by atoms with van der Waals surface area (Å²) in [6.45, 7) is 6.90. The molecule has 0 spiro atoms. The zero-order valence-electron chi connectivity index (χ0n) is 29.6. The lowest BCUT2D eigenvalue weighted by Gasteiger charge is -2.37. The summed E-state index contributed by atoms with van der Waals surface area (Å²) < 4.78 is 44.5. The SMILES string of the molecule is CC(=O)NCCOCCOCCOCCOc1cc2c(cc1Oc1ccc(-c3ccc(C(=O)O)cc3)c(F)c1)[C@@](C)(CC(=O)Nc1nccs1)NCC2. The van der Waals surface area contributed by atoms with E-state index in [1.807, 2.05) is 19.1 Å². The van der Waals surface area contributed by atoms with E-state index in [0.29, 0.717) is 74.7 Å². The molecule has 0 saturated carbocycles. The highest BCUT2D eigenvalue weighted by atomic mass is 32.1. The van der Waals surface area contributed by atoms with Gasteiger partial charge in [-0.25, -0.2) is 14.2 Å². The maximum absolute atomic E-state index is 15.5. The number of hydrogen-bond donors (Lipinski definition) is 4. The number of carboxylic acid groups (broad SMARTS) is 1. The molecule has 4 N–H and O–H groups in total. The van der Waals surface area contributed by atoms with E-state index in [1.54, 1.807) is 35.8 Å². The van der Waals surface area contributed by atoms with Crippen molar-refractivity contribution in [1.82, 2.24) is 15.6 Å². The Morgan fingerprint density at radius 2 is 1.66 bits per heavy atom. The minimum Gasteiger partial charge on any atom is -0.487 e. The number of nitrogens with one attached hydrogen (secondary N) is 3. The van der Waals surface area contributed by atoms with Gasteiger partial charge in [0.15, 0.2) is 16.6 Å². The van der Waals surface area contributed by atoms with Gasteiger partial charge >= 0.3 is 5.97 Å². The van der Waals surface area contributed by atoms with Crippen LogP contribution < -0.4 is 25.4 Å². The fraction of sp³-hybridized carbons (Fsp3) is 0.368. The number of halogens is 1. The van der Waals surface area contributed by atoms with E-state index < -0.39 is 17.3 Å². The van der Waals surface area contributed by atoms with Crippen LogP contribution in [0.3, 0.4) is 0 Å². The lowest BCUT2D eigenvalue weighted by Crippen LogP contribution is -2.47. The minimum absolute atomic E-state index is 0.100. The van der Waals surface area contributed by atoms with Gasteiger partial charge in [-0.1, -0.05) is 12.1 Å². The molecular weight excluding hydrogens is 708 g/mol. The summed E-state index contributed by atoms with van der Waals surface area (Å²) in [6, 6.07) is 14.1. The van der Waals surface area contributed by atoms with Crippen LogP contribution in [0.4, 0.5) is 9.52 Å². The van der Waals surface area contributed by atoms with Crippen LogP contribution in [-0.2, 0) is 35.8 Å². The highest BCUT2D eigenvalue weighted by Crippen LogP contribution is 2.41. The average molecular weight is 751 g/mol. The van der Waals surface area contributed by atoms with Crippen LogP contribution >= 0.6 is 11.3 Å². The van der Waals surface area contributed by atoms with Gasteiger partial charge in [0.25, 0.3) is 0 Å². The van der Waals surface area contributed by atoms with Crippen molar-refractivity contribution in [3.8, 4) is 28.4 Å². The number of carbonyl (C=O) groups is 3. The van der Waals surface area contributed by atoms with E-state index >= 15 is 4.39 Å². The molecule has 1 aliphatic heterocycles. The van der Waals surface area contributed by atoms with Gasteiger partial charge < -0.3 is 44.7 Å². The highest BCUT2D eigenvalue weighted by Gasteiger charge is 2.35. The Morgan fingerprint density at radius 1 is 0.943 bits per heavy atom. The molecule has 13 nitrogen and oxygen atoms in total. The van der Waals surface area contributed by atoms with Gasteiger partial charge in [0, 0.05) is 55.2 Å². The Morgan fingerprint density at radius 3 is 2.32 bits per heavy atom. The first-order chi connectivity index (χ1) is 25.6. The molecular formula is C38H43FN4O9S. The molecule has 0 unspecified atom stereocenters. The Labute approximate surface area is 310 Å². The maximum atomic E-state index is 15.5. The van der Waals surface area contributed by atoms with E-state index in [-0.39, 0.29) is 48.3 Å². The monoisotopic (exact) mass is 750 g/mol. The normalized spacial score (nSPS) is 15.0. The van der Waals surface area contributed by atoms with E-state index in [0.717, 1.165) is 11.1 Å². The number of rotatable bonds is 20. The number of fused-ring (bicyclic) bond motifs is 1. The predicted molar refractivity (Wildman–Crippen MR) is 196 cm³/mol. The van der Waals surface area contributed by atoms with Crippen molar-refractivity contribution in [3.05, 3.63) is 88.7 Å².